The summed E-state index contributed by atoms with van der Waals surface area (Å²) in [5.74, 6) is -9.80. The van der Waals surface area contributed by atoms with Crippen LogP contribution in [0.3, 0.4) is 0 Å². The fourth-order valence-corrected chi connectivity index (χ4v) is 4.82. The maximum Gasteiger partial charge on any atom is 0.313 e. The smallest absolute Gasteiger partial charge is 0.313 e. The van der Waals surface area contributed by atoms with Crippen LogP contribution in [-0.4, -0.2) is 60.6 Å². The van der Waals surface area contributed by atoms with Crippen molar-refractivity contribution in [2.24, 2.45) is 11.8 Å². The number of para-hydroxylation sites is 1. The highest BCUT2D eigenvalue weighted by Crippen LogP contribution is 2.30. The number of rotatable bonds is 13. The Morgan fingerprint density at radius 2 is 1.76 bits per heavy atom. The molecule has 1 heterocycles. The van der Waals surface area contributed by atoms with Gasteiger partial charge in [0, 0.05) is 42.7 Å². The SMILES string of the molecule is C=CCOC(=O)C[C@H](CCC(=O)C1CN(C(=O)C(=O)Nc2ccccc2C(C)(C)C)C1)C(=O)COc1c(C)c(F)cc(F)c1F. The Bertz CT molecular complexity index is 1450. The highest BCUT2D eigenvalue weighted by Gasteiger charge is 2.38. The standard InChI is InChI=1S/C33H37F3N2O7/c1-6-13-44-28(41)14-20(27(40)18-45-30-19(2)23(34)15-24(35)29(30)36)11-12-26(39)21-16-38(17-21)32(43)31(42)37-25-10-8-7-9-22(25)33(3,4)5/h6-10,15,20-21H,1,11-14,16-18H2,2-5H3,(H,37,42)/t20-/m0/s1. The van der Waals surface area contributed by atoms with Gasteiger partial charge in [-0.2, -0.15) is 4.39 Å². The number of ketones is 2. The number of halogens is 3. The first-order valence-corrected chi connectivity index (χ1v) is 14.4. The third kappa shape index (κ3) is 9.02. The lowest BCUT2D eigenvalue weighted by molar-refractivity contribution is -0.150. The minimum absolute atomic E-state index is 0.0127. The van der Waals surface area contributed by atoms with Crippen molar-refractivity contribution in [1.82, 2.24) is 4.90 Å². The normalized spacial score (nSPS) is 13.8. The summed E-state index contributed by atoms with van der Waals surface area (Å²) in [7, 11) is 0. The van der Waals surface area contributed by atoms with E-state index in [4.69, 9.17) is 9.47 Å². The van der Waals surface area contributed by atoms with Gasteiger partial charge >= 0.3 is 17.8 Å². The van der Waals surface area contributed by atoms with Gasteiger partial charge in [0.05, 0.1) is 12.3 Å². The molecule has 1 saturated heterocycles. The van der Waals surface area contributed by atoms with Gasteiger partial charge in [-0.15, -0.1) is 0 Å². The van der Waals surface area contributed by atoms with E-state index in [0.717, 1.165) is 12.5 Å². The minimum atomic E-state index is -1.49. The van der Waals surface area contributed by atoms with Crippen molar-refractivity contribution in [2.75, 3.05) is 31.6 Å². The maximum atomic E-state index is 14.2. The molecule has 1 N–H and O–H groups in total. The number of anilines is 1. The number of Topliss-reactive ketones (excluding diaryl/α,β-unsaturated/α-hetero) is 2. The molecule has 3 rings (SSSR count). The van der Waals surface area contributed by atoms with Gasteiger partial charge < -0.3 is 19.7 Å². The van der Waals surface area contributed by atoms with Gasteiger partial charge in [-0.1, -0.05) is 51.6 Å². The quantitative estimate of drug-likeness (QED) is 0.146. The van der Waals surface area contributed by atoms with Crippen LogP contribution in [0.4, 0.5) is 18.9 Å². The summed E-state index contributed by atoms with van der Waals surface area (Å²) in [4.78, 5) is 64.7. The predicted octanol–water partition coefficient (Wildman–Crippen LogP) is 4.84. The summed E-state index contributed by atoms with van der Waals surface area (Å²) < 4.78 is 51.8. The first kappa shape index (κ1) is 35.0. The lowest BCUT2D eigenvalue weighted by Gasteiger charge is -2.38. The van der Waals surface area contributed by atoms with Crippen LogP contribution < -0.4 is 10.1 Å². The van der Waals surface area contributed by atoms with Crippen LogP contribution in [0.1, 0.15) is 51.2 Å². The number of hydrogen-bond acceptors (Lipinski definition) is 7. The summed E-state index contributed by atoms with van der Waals surface area (Å²) in [6.45, 7) is 9.64. The van der Waals surface area contributed by atoms with Crippen molar-refractivity contribution in [1.29, 1.82) is 0 Å². The van der Waals surface area contributed by atoms with Crippen molar-refractivity contribution in [3.63, 3.8) is 0 Å². The highest BCUT2D eigenvalue weighted by molar-refractivity contribution is 6.39. The van der Waals surface area contributed by atoms with Gasteiger partial charge in [0.25, 0.3) is 0 Å². The molecule has 0 aromatic heterocycles. The molecule has 0 radical (unpaired) electrons. The molecule has 12 heteroatoms. The molecule has 2 aromatic rings. The van der Waals surface area contributed by atoms with E-state index >= 15 is 0 Å². The van der Waals surface area contributed by atoms with Gasteiger partial charge in [0.2, 0.25) is 5.82 Å². The van der Waals surface area contributed by atoms with Crippen molar-refractivity contribution in [2.45, 2.75) is 52.4 Å². The van der Waals surface area contributed by atoms with E-state index < -0.39 is 71.6 Å². The number of ether oxygens (including phenoxy) is 2. The van der Waals surface area contributed by atoms with Gasteiger partial charge in [-0.25, -0.2) is 8.78 Å². The molecular formula is C33H37F3N2O7. The van der Waals surface area contributed by atoms with Crippen LogP contribution in [0.15, 0.2) is 43.0 Å². The van der Waals surface area contributed by atoms with E-state index in [1.807, 2.05) is 32.9 Å². The second kappa shape index (κ2) is 15.0. The lowest BCUT2D eigenvalue weighted by Crippen LogP contribution is -2.56. The Hall–Kier alpha value is -4.48. The molecule has 0 aliphatic carbocycles. The third-order valence-electron chi connectivity index (χ3n) is 7.49. The van der Waals surface area contributed by atoms with Crippen LogP contribution in [0, 0.1) is 36.2 Å². The molecule has 0 bridgehead atoms. The number of nitrogens with zero attached hydrogens (tertiary/aromatic N) is 1. The molecule has 1 fully saturated rings. The summed E-state index contributed by atoms with van der Waals surface area (Å²) >= 11 is 0. The number of hydrogen-bond donors (Lipinski definition) is 1. The summed E-state index contributed by atoms with van der Waals surface area (Å²) in [6.07, 6.45) is 0.662. The van der Waals surface area contributed by atoms with Crippen LogP contribution in [0.25, 0.3) is 0 Å². The Labute approximate surface area is 259 Å². The molecule has 1 aliphatic heterocycles. The molecular weight excluding hydrogens is 593 g/mol. The molecule has 1 atom stereocenters. The molecule has 0 unspecified atom stereocenters. The van der Waals surface area contributed by atoms with Crippen molar-refractivity contribution in [3.8, 4) is 5.75 Å². The number of likely N-dealkylation sites (tertiary alicyclic amines) is 1. The zero-order chi connectivity index (χ0) is 33.5. The first-order valence-electron chi connectivity index (χ1n) is 14.4. The lowest BCUT2D eigenvalue weighted by atomic mass is 9.86. The fourth-order valence-electron chi connectivity index (χ4n) is 4.82. The maximum absolute atomic E-state index is 14.2. The second-order valence-corrected chi connectivity index (χ2v) is 11.9. The average molecular weight is 631 g/mol. The molecule has 45 heavy (non-hydrogen) atoms. The zero-order valence-electron chi connectivity index (χ0n) is 25.7. The summed E-state index contributed by atoms with van der Waals surface area (Å²) in [6, 6.07) is 7.51. The van der Waals surface area contributed by atoms with Crippen LogP contribution in [-0.2, 0) is 34.1 Å². The van der Waals surface area contributed by atoms with Crippen molar-refractivity contribution in [3.05, 3.63) is 71.6 Å². The van der Waals surface area contributed by atoms with E-state index in [2.05, 4.69) is 11.9 Å². The van der Waals surface area contributed by atoms with E-state index in [1.165, 1.54) is 11.0 Å². The van der Waals surface area contributed by atoms with Gasteiger partial charge in [0.1, 0.15) is 24.8 Å². The van der Waals surface area contributed by atoms with Gasteiger partial charge in [-0.3, -0.25) is 24.0 Å². The van der Waals surface area contributed by atoms with E-state index in [9.17, 15) is 37.1 Å². The van der Waals surface area contributed by atoms with Crippen molar-refractivity contribution < 1.29 is 46.6 Å². The third-order valence-corrected chi connectivity index (χ3v) is 7.49. The molecule has 1 aliphatic rings. The fraction of sp³-hybridized carbons (Fsp3) is 0.424. The minimum Gasteiger partial charge on any atom is -0.482 e. The molecule has 2 amide bonds. The topological polar surface area (TPSA) is 119 Å². The van der Waals surface area contributed by atoms with E-state index in [-0.39, 0.29) is 49.3 Å². The van der Waals surface area contributed by atoms with E-state index in [1.54, 1.807) is 12.1 Å². The Kier molecular flexibility index (Phi) is 11.7. The van der Waals surface area contributed by atoms with Crippen LogP contribution >= 0.6 is 0 Å². The molecule has 9 nitrogen and oxygen atoms in total. The Balaban J connectivity index is 1.57. The number of esters is 1. The predicted molar refractivity (Wildman–Crippen MR) is 159 cm³/mol. The molecule has 0 spiro atoms. The number of amides is 2. The molecule has 0 saturated carbocycles. The summed E-state index contributed by atoms with van der Waals surface area (Å²) in [5.41, 5.74) is 0.758. The second-order valence-electron chi connectivity index (χ2n) is 11.9. The number of benzene rings is 2. The molecule has 2 aromatic carbocycles. The highest BCUT2D eigenvalue weighted by atomic mass is 19.2. The monoisotopic (exact) mass is 630 g/mol. The Morgan fingerprint density at radius 1 is 1.09 bits per heavy atom. The van der Waals surface area contributed by atoms with Gasteiger partial charge in [0.15, 0.2) is 17.3 Å². The van der Waals surface area contributed by atoms with Crippen LogP contribution in [0.5, 0.6) is 5.75 Å². The largest absolute Gasteiger partial charge is 0.482 e. The Morgan fingerprint density at radius 3 is 2.40 bits per heavy atom. The number of carbonyl (C=O) groups is 5. The summed E-state index contributed by atoms with van der Waals surface area (Å²) in [5, 5.41) is 2.65. The van der Waals surface area contributed by atoms with Crippen LogP contribution in [0.2, 0.25) is 0 Å². The first-order chi connectivity index (χ1) is 21.1. The molecule has 242 valence electrons. The average Bonchev–Trinajstić information content (AvgIpc) is 2.95. The van der Waals surface area contributed by atoms with Gasteiger partial charge in [-0.05, 0) is 30.4 Å². The van der Waals surface area contributed by atoms with Crippen molar-refractivity contribution >= 4 is 35.0 Å². The number of carbonyl (C=O) groups excluding carboxylic acids is 5. The number of nitrogens with one attached hydrogen (secondary N) is 1. The zero-order valence-corrected chi connectivity index (χ0v) is 25.7. The van der Waals surface area contributed by atoms with E-state index in [0.29, 0.717) is 11.8 Å².